The average Bonchev–Trinajstić information content (AvgIpc) is 2.46. The third-order valence-electron chi connectivity index (χ3n) is 3.39. The van der Waals surface area contributed by atoms with E-state index >= 15 is 0 Å². The summed E-state index contributed by atoms with van der Waals surface area (Å²) in [7, 11) is 0. The summed E-state index contributed by atoms with van der Waals surface area (Å²) in [5, 5.41) is 3.93. The SMILES string of the molecule is CCC(CC(N)=S)NC(=O)c1ccc(F)c2ccccc12. The molecule has 1 atom stereocenters. The van der Waals surface area contributed by atoms with E-state index < -0.39 is 0 Å². The fraction of sp³-hybridized carbons (Fsp3) is 0.250. The van der Waals surface area contributed by atoms with E-state index in [0.717, 1.165) is 6.42 Å². The molecular formula is C16H17FN2OS. The summed E-state index contributed by atoms with van der Waals surface area (Å²) >= 11 is 4.88. The number of thiocarbonyl (C=S) groups is 1. The van der Waals surface area contributed by atoms with E-state index in [4.69, 9.17) is 18.0 Å². The number of hydrogen-bond acceptors (Lipinski definition) is 2. The lowest BCUT2D eigenvalue weighted by Gasteiger charge is -2.17. The lowest BCUT2D eigenvalue weighted by molar-refractivity contribution is 0.0939. The summed E-state index contributed by atoms with van der Waals surface area (Å²) in [5.74, 6) is -0.577. The Morgan fingerprint density at radius 1 is 1.29 bits per heavy atom. The van der Waals surface area contributed by atoms with Gasteiger partial charge in [0.2, 0.25) is 0 Å². The molecule has 2 rings (SSSR count). The highest BCUT2D eigenvalue weighted by Gasteiger charge is 2.16. The quantitative estimate of drug-likeness (QED) is 0.834. The first kappa shape index (κ1) is 15.4. The zero-order valence-corrected chi connectivity index (χ0v) is 12.5. The zero-order chi connectivity index (χ0) is 15.4. The van der Waals surface area contributed by atoms with Crippen LogP contribution in [0.1, 0.15) is 30.1 Å². The average molecular weight is 304 g/mol. The van der Waals surface area contributed by atoms with Gasteiger partial charge in [0.15, 0.2) is 0 Å². The molecule has 1 amide bonds. The van der Waals surface area contributed by atoms with Gasteiger partial charge in [0.25, 0.3) is 5.91 Å². The van der Waals surface area contributed by atoms with E-state index in [-0.39, 0.29) is 17.8 Å². The normalized spacial score (nSPS) is 12.1. The van der Waals surface area contributed by atoms with Crippen molar-refractivity contribution in [3.63, 3.8) is 0 Å². The molecule has 0 radical (unpaired) electrons. The second kappa shape index (κ2) is 6.63. The van der Waals surface area contributed by atoms with Crippen LogP contribution in [0.4, 0.5) is 4.39 Å². The number of hydrogen-bond donors (Lipinski definition) is 2. The second-order valence-electron chi connectivity index (χ2n) is 4.89. The van der Waals surface area contributed by atoms with Crippen molar-refractivity contribution in [1.82, 2.24) is 5.32 Å². The lowest BCUT2D eigenvalue weighted by atomic mass is 10.0. The maximum atomic E-state index is 13.8. The number of nitrogens with one attached hydrogen (secondary N) is 1. The maximum absolute atomic E-state index is 13.8. The van der Waals surface area contributed by atoms with Crippen molar-refractivity contribution in [2.45, 2.75) is 25.8 Å². The summed E-state index contributed by atoms with van der Waals surface area (Å²) < 4.78 is 13.8. The molecule has 3 nitrogen and oxygen atoms in total. The first-order valence-electron chi connectivity index (χ1n) is 6.79. The number of rotatable bonds is 5. The lowest BCUT2D eigenvalue weighted by Crippen LogP contribution is -2.37. The minimum absolute atomic E-state index is 0.112. The predicted molar refractivity (Wildman–Crippen MR) is 86.9 cm³/mol. The van der Waals surface area contributed by atoms with E-state index in [0.29, 0.717) is 27.7 Å². The molecule has 0 saturated heterocycles. The van der Waals surface area contributed by atoms with Gasteiger partial charge in [0, 0.05) is 23.4 Å². The molecule has 2 aromatic rings. The molecule has 1 unspecified atom stereocenters. The van der Waals surface area contributed by atoms with E-state index in [2.05, 4.69) is 5.32 Å². The second-order valence-corrected chi connectivity index (χ2v) is 5.41. The van der Waals surface area contributed by atoms with Crippen molar-refractivity contribution in [3.05, 3.63) is 47.8 Å². The van der Waals surface area contributed by atoms with Gasteiger partial charge in [0.05, 0.1) is 4.99 Å². The number of halogens is 1. The topological polar surface area (TPSA) is 55.1 Å². The number of nitrogens with two attached hydrogens (primary N) is 1. The summed E-state index contributed by atoms with van der Waals surface area (Å²) in [4.78, 5) is 12.8. The number of benzene rings is 2. The number of amides is 1. The molecule has 0 aromatic heterocycles. The molecule has 0 aliphatic heterocycles. The molecular weight excluding hydrogens is 287 g/mol. The van der Waals surface area contributed by atoms with Crippen molar-refractivity contribution in [2.24, 2.45) is 5.73 Å². The molecule has 0 aliphatic carbocycles. The van der Waals surface area contributed by atoms with Crippen LogP contribution in [0.25, 0.3) is 10.8 Å². The summed E-state index contributed by atoms with van der Waals surface area (Å²) in [6.45, 7) is 1.95. The third kappa shape index (κ3) is 3.55. The van der Waals surface area contributed by atoms with Gasteiger partial charge in [-0.25, -0.2) is 4.39 Å². The number of fused-ring (bicyclic) bond motifs is 1. The largest absolute Gasteiger partial charge is 0.393 e. The van der Waals surface area contributed by atoms with Crippen molar-refractivity contribution in [1.29, 1.82) is 0 Å². The zero-order valence-electron chi connectivity index (χ0n) is 11.7. The van der Waals surface area contributed by atoms with Crippen molar-refractivity contribution < 1.29 is 9.18 Å². The van der Waals surface area contributed by atoms with Gasteiger partial charge in [-0.3, -0.25) is 4.79 Å². The molecule has 2 aromatic carbocycles. The predicted octanol–water partition coefficient (Wildman–Crippen LogP) is 3.16. The first-order chi connectivity index (χ1) is 10.0. The Labute approximate surface area is 128 Å². The highest BCUT2D eigenvalue weighted by molar-refractivity contribution is 7.80. The fourth-order valence-corrected chi connectivity index (χ4v) is 2.46. The van der Waals surface area contributed by atoms with Crippen LogP contribution in [-0.4, -0.2) is 16.9 Å². The van der Waals surface area contributed by atoms with Crippen LogP contribution in [0.5, 0.6) is 0 Å². The van der Waals surface area contributed by atoms with Gasteiger partial charge in [-0.15, -0.1) is 0 Å². The van der Waals surface area contributed by atoms with Crippen LogP contribution in [-0.2, 0) is 0 Å². The monoisotopic (exact) mass is 304 g/mol. The summed E-state index contributed by atoms with van der Waals surface area (Å²) in [5.41, 5.74) is 5.98. The Hall–Kier alpha value is -2.01. The molecule has 0 aliphatic rings. The highest BCUT2D eigenvalue weighted by Crippen LogP contribution is 2.22. The van der Waals surface area contributed by atoms with Crippen molar-refractivity contribution >= 4 is 33.9 Å². The number of carbonyl (C=O) groups excluding carboxylic acids is 1. The van der Waals surface area contributed by atoms with Crippen LogP contribution < -0.4 is 11.1 Å². The van der Waals surface area contributed by atoms with Crippen LogP contribution in [0.2, 0.25) is 0 Å². The molecule has 21 heavy (non-hydrogen) atoms. The van der Waals surface area contributed by atoms with E-state index in [9.17, 15) is 9.18 Å². The molecule has 0 spiro atoms. The first-order valence-corrected chi connectivity index (χ1v) is 7.20. The Balaban J connectivity index is 2.31. The minimum Gasteiger partial charge on any atom is -0.393 e. The van der Waals surface area contributed by atoms with E-state index in [1.165, 1.54) is 12.1 Å². The van der Waals surface area contributed by atoms with Gasteiger partial charge in [0.1, 0.15) is 5.82 Å². The molecule has 3 N–H and O–H groups in total. The molecule has 0 fully saturated rings. The van der Waals surface area contributed by atoms with E-state index in [1.807, 2.05) is 6.92 Å². The minimum atomic E-state index is -0.336. The van der Waals surface area contributed by atoms with Crippen LogP contribution in [0, 0.1) is 5.82 Å². The smallest absolute Gasteiger partial charge is 0.252 e. The standard InChI is InChI=1S/C16H17FN2OS/c1-2-10(9-15(18)21)19-16(20)13-7-8-14(17)12-6-4-3-5-11(12)13/h3-8,10H,2,9H2,1H3,(H2,18,21)(H,19,20). The number of carbonyl (C=O) groups is 1. The van der Waals surface area contributed by atoms with Crippen LogP contribution in [0.15, 0.2) is 36.4 Å². The van der Waals surface area contributed by atoms with Gasteiger partial charge < -0.3 is 11.1 Å². The van der Waals surface area contributed by atoms with Gasteiger partial charge in [-0.1, -0.05) is 43.4 Å². The Bertz CT molecular complexity index is 687. The van der Waals surface area contributed by atoms with Crippen molar-refractivity contribution in [3.8, 4) is 0 Å². The Morgan fingerprint density at radius 3 is 2.57 bits per heavy atom. The Morgan fingerprint density at radius 2 is 1.95 bits per heavy atom. The van der Waals surface area contributed by atoms with Crippen molar-refractivity contribution in [2.75, 3.05) is 0 Å². The van der Waals surface area contributed by atoms with Crippen LogP contribution >= 0.6 is 12.2 Å². The summed E-state index contributed by atoms with van der Waals surface area (Å²) in [6, 6.07) is 9.63. The van der Waals surface area contributed by atoms with Gasteiger partial charge in [-0.2, -0.15) is 0 Å². The fourth-order valence-electron chi connectivity index (χ4n) is 2.26. The summed E-state index contributed by atoms with van der Waals surface area (Å²) in [6.07, 6.45) is 1.18. The van der Waals surface area contributed by atoms with Gasteiger partial charge in [-0.05, 0) is 23.9 Å². The maximum Gasteiger partial charge on any atom is 0.252 e. The molecule has 0 heterocycles. The highest BCUT2D eigenvalue weighted by atomic mass is 32.1. The molecule has 110 valence electrons. The molecule has 5 heteroatoms. The van der Waals surface area contributed by atoms with Gasteiger partial charge >= 0.3 is 0 Å². The Kier molecular flexibility index (Phi) is 4.85. The molecule has 0 saturated carbocycles. The van der Waals surface area contributed by atoms with Crippen LogP contribution in [0.3, 0.4) is 0 Å². The molecule has 0 bridgehead atoms. The third-order valence-corrected chi connectivity index (χ3v) is 3.56. The van der Waals surface area contributed by atoms with E-state index in [1.54, 1.807) is 24.3 Å².